The fraction of sp³-hybridized carbons (Fsp3) is 1.00. The molecule has 0 saturated carbocycles. The van der Waals surface area contributed by atoms with Gasteiger partial charge in [0.1, 0.15) is 0 Å². The summed E-state index contributed by atoms with van der Waals surface area (Å²) in [6.07, 6.45) is 0. The monoisotopic (exact) mass is 210 g/mol. The highest BCUT2D eigenvalue weighted by molar-refractivity contribution is 7.67. The molecule has 0 bridgehead atoms. The van der Waals surface area contributed by atoms with Gasteiger partial charge in [-0.05, 0) is 36.6 Å². The average molecular weight is 211 g/mol. The SMILES string of the molecule is C[SiH]([SiH2][SiH3])[SiH](C)[SiH2][SiH3]. The van der Waals surface area contributed by atoms with Gasteiger partial charge in [0.15, 0.2) is 0 Å². The molecule has 2 unspecified atom stereocenters. The maximum Gasteiger partial charge on any atom is 0.00661 e. The van der Waals surface area contributed by atoms with Crippen LogP contribution in [0.5, 0.6) is 0 Å². The second-order valence-electron chi connectivity index (χ2n) is 2.77. The lowest BCUT2D eigenvalue weighted by Gasteiger charge is -2.10. The Hall–Kier alpha value is 1.30. The molecule has 0 heterocycles. The summed E-state index contributed by atoms with van der Waals surface area (Å²) >= 11 is 0. The Labute approximate surface area is 65.5 Å². The molecule has 0 aromatic carbocycles. The van der Waals surface area contributed by atoms with Gasteiger partial charge in [-0.1, -0.05) is 13.1 Å². The van der Waals surface area contributed by atoms with E-state index in [9.17, 15) is 0 Å². The molecule has 0 nitrogen and oxygen atoms in total. The van der Waals surface area contributed by atoms with E-state index >= 15 is 0 Å². The highest BCUT2D eigenvalue weighted by Gasteiger charge is 2.09. The molecule has 0 amide bonds. The molecule has 0 aliphatic rings. The fourth-order valence-corrected chi connectivity index (χ4v) is 119. The van der Waals surface area contributed by atoms with Crippen molar-refractivity contribution in [2.75, 3.05) is 0 Å². The van der Waals surface area contributed by atoms with Crippen molar-refractivity contribution in [3.05, 3.63) is 0 Å². The number of hydrogen-bond acceptors (Lipinski definition) is 0. The van der Waals surface area contributed by atoms with E-state index in [1.165, 1.54) is 0 Å². The molecule has 0 aromatic heterocycles. The van der Waals surface area contributed by atoms with Gasteiger partial charge in [0, 0.05) is 15.7 Å². The minimum Gasteiger partial charge on any atom is -0.0768 e. The lowest BCUT2D eigenvalue weighted by molar-refractivity contribution is 2.24. The summed E-state index contributed by atoms with van der Waals surface area (Å²) in [5.41, 5.74) is 0. The van der Waals surface area contributed by atoms with Crippen molar-refractivity contribution in [2.24, 2.45) is 0 Å². The van der Waals surface area contributed by atoms with E-state index in [1.54, 1.807) is 19.5 Å². The summed E-state index contributed by atoms with van der Waals surface area (Å²) in [5, 5.41) is 0. The summed E-state index contributed by atoms with van der Waals surface area (Å²) in [6.45, 7) is 5.36. The summed E-state index contributed by atoms with van der Waals surface area (Å²) < 4.78 is 0. The zero-order chi connectivity index (χ0) is 6.57. The summed E-state index contributed by atoms with van der Waals surface area (Å²) in [7, 11) is 4.97. The molecule has 0 aliphatic heterocycles. The molecule has 0 saturated heterocycles. The van der Waals surface area contributed by atoms with Crippen LogP contribution in [-0.2, 0) is 0 Å². The molecular formula is C2H18Si6. The lowest BCUT2D eigenvalue weighted by atomic mass is 11.9. The van der Waals surface area contributed by atoms with Crippen LogP contribution in [0.1, 0.15) is 0 Å². The van der Waals surface area contributed by atoms with Crippen molar-refractivity contribution in [3.8, 4) is 0 Å². The van der Waals surface area contributed by atoms with E-state index in [2.05, 4.69) is 13.1 Å². The average Bonchev–Trinajstić information content (AvgIpc) is 1.84. The lowest BCUT2D eigenvalue weighted by Crippen LogP contribution is -2.41. The molecule has 0 rings (SSSR count). The van der Waals surface area contributed by atoms with Gasteiger partial charge in [0.05, 0.1) is 0 Å². The van der Waals surface area contributed by atoms with Crippen molar-refractivity contribution in [2.45, 2.75) is 13.1 Å². The first-order valence-electron chi connectivity index (χ1n) is 3.72. The Morgan fingerprint density at radius 3 is 1.38 bits per heavy atom. The Morgan fingerprint density at radius 1 is 1.00 bits per heavy atom. The minimum atomic E-state index is 0.160. The topological polar surface area (TPSA) is 0 Å². The number of rotatable bonds is 3. The zero-order valence-electron chi connectivity index (χ0n) is 6.57. The van der Waals surface area contributed by atoms with Gasteiger partial charge in [-0.25, -0.2) is 0 Å². The Kier molecular flexibility index (Phi) is 5.95. The van der Waals surface area contributed by atoms with Crippen LogP contribution in [0.25, 0.3) is 0 Å². The first-order valence-corrected chi connectivity index (χ1v) is 26.5. The highest BCUT2D eigenvalue weighted by Crippen LogP contribution is 1.82. The van der Waals surface area contributed by atoms with Gasteiger partial charge in [-0.15, -0.1) is 0 Å². The third-order valence-corrected chi connectivity index (χ3v) is 89.5. The van der Waals surface area contributed by atoms with Crippen LogP contribution in [0.15, 0.2) is 0 Å². The van der Waals surface area contributed by atoms with E-state index in [0.717, 1.165) is 0 Å². The molecule has 2 atom stereocenters. The smallest absolute Gasteiger partial charge is 0.00661 e. The minimum absolute atomic E-state index is 0.160. The van der Waals surface area contributed by atoms with Crippen molar-refractivity contribution in [1.82, 2.24) is 0 Å². The van der Waals surface area contributed by atoms with Crippen LogP contribution in [0.2, 0.25) is 13.1 Å². The van der Waals surface area contributed by atoms with Crippen molar-refractivity contribution < 1.29 is 0 Å². The van der Waals surface area contributed by atoms with Gasteiger partial charge in [-0.3, -0.25) is 0 Å². The quantitative estimate of drug-likeness (QED) is 0.414. The van der Waals surface area contributed by atoms with Crippen LogP contribution in [0.3, 0.4) is 0 Å². The summed E-state index contributed by atoms with van der Waals surface area (Å²) in [4.78, 5) is 0. The highest BCUT2D eigenvalue weighted by atomic mass is 29.9. The second-order valence-corrected chi connectivity index (χ2v) is 48.1. The molecule has 0 fully saturated rings. The predicted octanol–water partition coefficient (Wildman–Crippen LogP) is -4.33. The van der Waals surface area contributed by atoms with Crippen molar-refractivity contribution >= 4 is 52.3 Å². The van der Waals surface area contributed by atoms with E-state index in [0.29, 0.717) is 17.1 Å². The molecular weight excluding hydrogens is 193 g/mol. The molecule has 0 aliphatic carbocycles. The van der Waals surface area contributed by atoms with Gasteiger partial charge in [0.25, 0.3) is 0 Å². The normalized spacial score (nSPS) is 21.8. The molecule has 0 spiro atoms. The third-order valence-electron chi connectivity index (χ3n) is 2.26. The molecule has 0 radical (unpaired) electrons. The van der Waals surface area contributed by atoms with Crippen molar-refractivity contribution in [3.63, 3.8) is 0 Å². The van der Waals surface area contributed by atoms with E-state index in [4.69, 9.17) is 0 Å². The Morgan fingerprint density at radius 2 is 1.25 bits per heavy atom. The maximum atomic E-state index is 2.68. The predicted molar refractivity (Wildman–Crippen MR) is 63.0 cm³/mol. The molecule has 0 N–H and O–H groups in total. The molecule has 8 heavy (non-hydrogen) atoms. The Bertz CT molecular complexity index is 46.5. The van der Waals surface area contributed by atoms with E-state index in [1.807, 2.05) is 0 Å². The Balaban J connectivity index is 3.29. The van der Waals surface area contributed by atoms with Crippen LogP contribution < -0.4 is 0 Å². The van der Waals surface area contributed by atoms with Gasteiger partial charge in [0.2, 0.25) is 0 Å². The third kappa shape index (κ3) is 3.35. The van der Waals surface area contributed by atoms with Crippen LogP contribution in [-0.4, -0.2) is 52.3 Å². The van der Waals surface area contributed by atoms with Gasteiger partial charge in [-0.2, -0.15) is 0 Å². The van der Waals surface area contributed by atoms with Crippen LogP contribution in [0, 0.1) is 0 Å². The second kappa shape index (κ2) is 5.12. The number of hydrogen-bond donors (Lipinski definition) is 0. The first kappa shape index (κ1) is 9.30. The van der Waals surface area contributed by atoms with Gasteiger partial charge < -0.3 is 0 Å². The zero-order valence-corrected chi connectivity index (χ0v) is 15.7. The van der Waals surface area contributed by atoms with Crippen LogP contribution >= 0.6 is 0 Å². The summed E-state index contributed by atoms with van der Waals surface area (Å²) in [6, 6.07) is 0. The fourth-order valence-electron chi connectivity index (χ4n) is 0.805. The van der Waals surface area contributed by atoms with E-state index in [-0.39, 0.29) is 15.7 Å². The molecule has 50 valence electrons. The standard InChI is InChI=1S/C2H18Si6/c1-7(5-3)8(2)6-4/h7-8H,5-6H2,1-4H3. The summed E-state index contributed by atoms with van der Waals surface area (Å²) in [5.74, 6) is 0. The first-order chi connectivity index (χ1) is 3.72. The maximum absolute atomic E-state index is 2.68. The molecule has 0 aromatic rings. The van der Waals surface area contributed by atoms with E-state index < -0.39 is 0 Å². The van der Waals surface area contributed by atoms with Gasteiger partial charge >= 0.3 is 0 Å². The van der Waals surface area contributed by atoms with Crippen LogP contribution in [0.4, 0.5) is 0 Å². The molecule has 6 heteroatoms. The van der Waals surface area contributed by atoms with Crippen molar-refractivity contribution in [1.29, 1.82) is 0 Å². The largest absolute Gasteiger partial charge is 0.0768 e.